The number of hydrogen-bond acceptors (Lipinski definition) is 4. The number of nitrogens with zero attached hydrogens (tertiary/aromatic N) is 3. The van der Waals surface area contributed by atoms with Gasteiger partial charge in [0.2, 0.25) is 5.91 Å². The third-order valence-corrected chi connectivity index (χ3v) is 4.75. The van der Waals surface area contributed by atoms with E-state index in [1.165, 1.54) is 0 Å². The Hall–Kier alpha value is -3.35. The van der Waals surface area contributed by atoms with Crippen LogP contribution < -0.4 is 5.32 Å². The lowest BCUT2D eigenvalue weighted by atomic mass is 10.2. The van der Waals surface area contributed by atoms with Crippen molar-refractivity contribution in [2.24, 2.45) is 5.92 Å². The van der Waals surface area contributed by atoms with E-state index in [2.05, 4.69) is 10.4 Å². The normalized spacial score (nSPS) is 13.3. The van der Waals surface area contributed by atoms with Crippen LogP contribution in [0.2, 0.25) is 0 Å². The van der Waals surface area contributed by atoms with Crippen LogP contribution in [0.1, 0.15) is 34.5 Å². The number of furan rings is 1. The first kappa shape index (κ1) is 18.0. The van der Waals surface area contributed by atoms with Gasteiger partial charge in [0.1, 0.15) is 5.76 Å². The minimum Gasteiger partial charge on any atom is -0.467 e. The highest BCUT2D eigenvalue weighted by molar-refractivity contribution is 5.94. The van der Waals surface area contributed by atoms with Crippen LogP contribution in [0.5, 0.6) is 0 Å². The fraction of sp³-hybridized carbons (Fsp3) is 0.286. The number of aromatic nitrogens is 2. The maximum atomic E-state index is 12.6. The molecule has 1 aliphatic carbocycles. The number of carbonyl (C=O) groups is 2. The van der Waals surface area contributed by atoms with Crippen molar-refractivity contribution >= 4 is 11.8 Å². The Morgan fingerprint density at radius 2 is 2.04 bits per heavy atom. The zero-order chi connectivity index (χ0) is 19.5. The summed E-state index contributed by atoms with van der Waals surface area (Å²) in [6.45, 7) is 0.895. The van der Waals surface area contributed by atoms with Gasteiger partial charge in [0.15, 0.2) is 0 Å². The van der Waals surface area contributed by atoms with Gasteiger partial charge >= 0.3 is 0 Å². The van der Waals surface area contributed by atoms with Gasteiger partial charge in [0, 0.05) is 36.8 Å². The van der Waals surface area contributed by atoms with E-state index >= 15 is 0 Å². The second-order valence-electron chi connectivity index (χ2n) is 7.07. The van der Waals surface area contributed by atoms with E-state index in [0.29, 0.717) is 18.7 Å². The van der Waals surface area contributed by atoms with E-state index in [4.69, 9.17) is 4.42 Å². The molecule has 1 N–H and O–H groups in total. The molecule has 28 heavy (non-hydrogen) atoms. The van der Waals surface area contributed by atoms with Crippen LogP contribution in [0.15, 0.2) is 59.5 Å². The largest absolute Gasteiger partial charge is 0.467 e. The number of nitrogens with one attached hydrogen (secondary N) is 1. The lowest BCUT2D eigenvalue weighted by Gasteiger charge is -2.16. The topological polar surface area (TPSA) is 80.4 Å². The molecule has 0 aliphatic heterocycles. The molecule has 0 unspecified atom stereocenters. The summed E-state index contributed by atoms with van der Waals surface area (Å²) in [5.41, 5.74) is 2.39. The van der Waals surface area contributed by atoms with Crippen LogP contribution >= 0.6 is 0 Å². The van der Waals surface area contributed by atoms with Crippen molar-refractivity contribution in [3.63, 3.8) is 0 Å². The summed E-state index contributed by atoms with van der Waals surface area (Å²) in [6.07, 6.45) is 7.20. The predicted octanol–water partition coefficient (Wildman–Crippen LogP) is 2.76. The van der Waals surface area contributed by atoms with Crippen LogP contribution in [-0.4, -0.2) is 33.5 Å². The smallest absolute Gasteiger partial charge is 0.254 e. The van der Waals surface area contributed by atoms with Crippen LogP contribution in [0.25, 0.3) is 5.69 Å². The summed E-state index contributed by atoms with van der Waals surface area (Å²) in [7, 11) is 1.74. The Kier molecular flexibility index (Phi) is 4.97. The summed E-state index contributed by atoms with van der Waals surface area (Å²) in [6, 6.07) is 10.9. The van der Waals surface area contributed by atoms with Crippen molar-refractivity contribution in [2.75, 3.05) is 7.05 Å². The summed E-state index contributed by atoms with van der Waals surface area (Å²) < 4.78 is 7.02. The highest BCUT2D eigenvalue weighted by atomic mass is 16.3. The number of carbonyl (C=O) groups excluding carboxylic acids is 2. The molecule has 2 amide bonds. The van der Waals surface area contributed by atoms with Crippen LogP contribution in [0, 0.1) is 5.92 Å². The first-order valence-corrected chi connectivity index (χ1v) is 9.30. The van der Waals surface area contributed by atoms with Crippen molar-refractivity contribution in [1.82, 2.24) is 20.0 Å². The lowest BCUT2D eigenvalue weighted by molar-refractivity contribution is -0.122. The minimum atomic E-state index is -0.0770. The number of rotatable bonds is 7. The third-order valence-electron chi connectivity index (χ3n) is 4.75. The quantitative estimate of drug-likeness (QED) is 0.686. The molecule has 1 fully saturated rings. The molecule has 2 heterocycles. The monoisotopic (exact) mass is 378 g/mol. The van der Waals surface area contributed by atoms with Crippen molar-refractivity contribution in [3.05, 3.63) is 71.9 Å². The Morgan fingerprint density at radius 3 is 2.71 bits per heavy atom. The average Bonchev–Trinajstić information content (AvgIpc) is 3.24. The molecular formula is C21H22N4O3. The Labute approximate surface area is 162 Å². The van der Waals surface area contributed by atoms with E-state index in [1.54, 1.807) is 47.3 Å². The Balaban J connectivity index is 1.37. The molecule has 1 aromatic carbocycles. The first-order valence-electron chi connectivity index (χ1n) is 9.30. The van der Waals surface area contributed by atoms with Gasteiger partial charge in [-0.2, -0.15) is 5.10 Å². The number of benzene rings is 1. The van der Waals surface area contributed by atoms with E-state index in [9.17, 15) is 9.59 Å². The van der Waals surface area contributed by atoms with Gasteiger partial charge in [0.05, 0.1) is 24.7 Å². The molecule has 7 nitrogen and oxygen atoms in total. The fourth-order valence-electron chi connectivity index (χ4n) is 2.96. The molecule has 1 saturated carbocycles. The molecule has 0 spiro atoms. The average molecular weight is 378 g/mol. The molecule has 1 aliphatic rings. The SMILES string of the molecule is CN(Cc1ccco1)C(=O)c1ccc(-n2cc(CNC(=O)C3CC3)cn2)cc1. The Morgan fingerprint density at radius 1 is 1.25 bits per heavy atom. The minimum absolute atomic E-state index is 0.0770. The lowest BCUT2D eigenvalue weighted by Crippen LogP contribution is -2.25. The van der Waals surface area contributed by atoms with Crippen molar-refractivity contribution in [2.45, 2.75) is 25.9 Å². The van der Waals surface area contributed by atoms with Gasteiger partial charge in [-0.1, -0.05) is 0 Å². The molecule has 0 atom stereocenters. The summed E-state index contributed by atoms with van der Waals surface area (Å²) in [5.74, 6) is 0.984. The van der Waals surface area contributed by atoms with Crippen LogP contribution in [-0.2, 0) is 17.9 Å². The predicted molar refractivity (Wildman–Crippen MR) is 103 cm³/mol. The van der Waals surface area contributed by atoms with Gasteiger partial charge < -0.3 is 14.6 Å². The van der Waals surface area contributed by atoms with Gasteiger partial charge in [-0.3, -0.25) is 9.59 Å². The molecule has 2 aromatic heterocycles. The third kappa shape index (κ3) is 4.14. The highest BCUT2D eigenvalue weighted by Gasteiger charge is 2.29. The van der Waals surface area contributed by atoms with Gasteiger partial charge in [-0.05, 0) is 49.2 Å². The van der Waals surface area contributed by atoms with Crippen LogP contribution in [0.3, 0.4) is 0 Å². The standard InChI is InChI=1S/C21H22N4O3/c1-24(14-19-3-2-10-28-19)21(27)17-6-8-18(9-7-17)25-13-15(12-23-25)11-22-20(26)16-4-5-16/h2-3,6-10,12-13,16H,4-5,11,14H2,1H3,(H,22,26). The maximum absolute atomic E-state index is 12.6. The van der Waals surface area contributed by atoms with E-state index in [0.717, 1.165) is 29.9 Å². The molecule has 0 bridgehead atoms. The van der Waals surface area contributed by atoms with E-state index in [-0.39, 0.29) is 17.7 Å². The summed E-state index contributed by atoms with van der Waals surface area (Å²) in [5, 5.41) is 7.27. The fourth-order valence-corrected chi connectivity index (χ4v) is 2.96. The molecule has 0 saturated heterocycles. The van der Waals surface area contributed by atoms with Crippen molar-refractivity contribution < 1.29 is 14.0 Å². The highest BCUT2D eigenvalue weighted by Crippen LogP contribution is 2.28. The van der Waals surface area contributed by atoms with Gasteiger partial charge in [-0.15, -0.1) is 0 Å². The zero-order valence-electron chi connectivity index (χ0n) is 15.7. The number of hydrogen-bond donors (Lipinski definition) is 1. The Bertz CT molecular complexity index is 956. The molecule has 144 valence electrons. The van der Waals surface area contributed by atoms with Crippen molar-refractivity contribution in [3.8, 4) is 5.69 Å². The van der Waals surface area contributed by atoms with Crippen LogP contribution in [0.4, 0.5) is 0 Å². The second kappa shape index (κ2) is 7.72. The first-order chi connectivity index (χ1) is 13.6. The molecule has 3 aromatic rings. The van der Waals surface area contributed by atoms with Gasteiger partial charge in [0.25, 0.3) is 5.91 Å². The van der Waals surface area contributed by atoms with Crippen molar-refractivity contribution in [1.29, 1.82) is 0 Å². The van der Waals surface area contributed by atoms with Gasteiger partial charge in [-0.25, -0.2) is 4.68 Å². The molecule has 4 rings (SSSR count). The molecule has 7 heteroatoms. The summed E-state index contributed by atoms with van der Waals surface area (Å²) in [4.78, 5) is 25.9. The van der Waals surface area contributed by atoms with E-state index < -0.39 is 0 Å². The second-order valence-corrected chi connectivity index (χ2v) is 7.07. The zero-order valence-corrected chi connectivity index (χ0v) is 15.7. The molecular weight excluding hydrogens is 356 g/mol. The van der Waals surface area contributed by atoms with E-state index in [1.807, 2.05) is 24.4 Å². The number of amides is 2. The summed E-state index contributed by atoms with van der Waals surface area (Å²) >= 11 is 0. The maximum Gasteiger partial charge on any atom is 0.254 e. The molecule has 0 radical (unpaired) electrons.